The third-order valence-electron chi connectivity index (χ3n) is 3.32. The van der Waals surface area contributed by atoms with E-state index in [1.807, 2.05) is 12.1 Å². The summed E-state index contributed by atoms with van der Waals surface area (Å²) in [5.41, 5.74) is 8.22. The smallest absolute Gasteiger partial charge is 0.229 e. The van der Waals surface area contributed by atoms with E-state index in [2.05, 4.69) is 15.3 Å². The molecule has 0 saturated heterocycles. The molecule has 0 radical (unpaired) electrons. The molecule has 3 N–H and O–H groups in total. The van der Waals surface area contributed by atoms with Crippen LogP contribution in [0.25, 0.3) is 0 Å². The van der Waals surface area contributed by atoms with Gasteiger partial charge in [0.2, 0.25) is 5.95 Å². The Bertz CT molecular complexity index is 846. The molecular weight excluding hydrogens is 367 g/mol. The fourth-order valence-corrected chi connectivity index (χ4v) is 2.87. The van der Waals surface area contributed by atoms with Gasteiger partial charge in [-0.05, 0) is 42.0 Å². The van der Waals surface area contributed by atoms with Gasteiger partial charge in [0.1, 0.15) is 5.82 Å². The molecule has 7 heteroatoms. The Hall–Kier alpha value is -2.01. The molecule has 0 spiro atoms. The average Bonchev–Trinajstić information content (AvgIpc) is 2.53. The predicted molar refractivity (Wildman–Crippen MR) is 100 cm³/mol. The van der Waals surface area contributed by atoms with E-state index in [0.717, 1.165) is 11.3 Å². The van der Waals surface area contributed by atoms with Crippen LogP contribution in [0, 0.1) is 0 Å². The lowest BCUT2D eigenvalue weighted by atomic mass is 10.1. The van der Waals surface area contributed by atoms with Gasteiger partial charge in [-0.2, -0.15) is 4.98 Å². The number of nitrogens with two attached hydrogens (primary N) is 1. The lowest BCUT2D eigenvalue weighted by Gasteiger charge is -2.10. The predicted octanol–water partition coefficient (Wildman–Crippen LogP) is 5.35. The molecule has 0 fully saturated rings. The molecule has 0 atom stereocenters. The number of anilines is 3. The number of hydrogen-bond donors (Lipinski definition) is 2. The van der Waals surface area contributed by atoms with E-state index in [-0.39, 0.29) is 0 Å². The molecule has 0 unspecified atom stereocenters. The highest BCUT2D eigenvalue weighted by Gasteiger charge is 2.10. The maximum absolute atomic E-state index is 6.22. The van der Waals surface area contributed by atoms with Crippen molar-refractivity contribution in [3.63, 3.8) is 0 Å². The fraction of sp³-hybridized carbons (Fsp3) is 0.0588. The van der Waals surface area contributed by atoms with Gasteiger partial charge in [0.05, 0.1) is 5.69 Å². The summed E-state index contributed by atoms with van der Waals surface area (Å²) in [7, 11) is 0. The summed E-state index contributed by atoms with van der Waals surface area (Å²) in [6, 6.07) is 14.3. The van der Waals surface area contributed by atoms with E-state index >= 15 is 0 Å². The van der Waals surface area contributed by atoms with Crippen LogP contribution in [-0.4, -0.2) is 9.97 Å². The van der Waals surface area contributed by atoms with Gasteiger partial charge in [0, 0.05) is 33.2 Å². The first-order chi connectivity index (χ1) is 11.5. The average molecular weight is 380 g/mol. The molecule has 4 nitrogen and oxygen atoms in total. The Morgan fingerprint density at radius 1 is 0.917 bits per heavy atom. The molecule has 24 heavy (non-hydrogen) atoms. The summed E-state index contributed by atoms with van der Waals surface area (Å²) in [6.07, 6.45) is 0.459. The Kier molecular flexibility index (Phi) is 5.09. The largest absolute Gasteiger partial charge is 0.384 e. The Morgan fingerprint density at radius 2 is 1.58 bits per heavy atom. The van der Waals surface area contributed by atoms with E-state index in [1.54, 1.807) is 36.4 Å². The zero-order valence-corrected chi connectivity index (χ0v) is 14.7. The maximum atomic E-state index is 6.22. The summed E-state index contributed by atoms with van der Waals surface area (Å²) in [4.78, 5) is 8.67. The molecule has 0 bridgehead atoms. The van der Waals surface area contributed by atoms with Crippen LogP contribution in [0.3, 0.4) is 0 Å². The van der Waals surface area contributed by atoms with Gasteiger partial charge in [-0.3, -0.25) is 0 Å². The third-order valence-corrected chi connectivity index (χ3v) is 4.28. The topological polar surface area (TPSA) is 63.8 Å². The Balaban J connectivity index is 1.87. The standard InChI is InChI=1S/C17H13Cl3N4/c18-10-4-6-11(7-5-10)22-17-23-12(9-16(21)24-17)8-13-14(19)2-1-3-15(13)20/h1-7,9H,8H2,(H3,21,22,23,24). The van der Waals surface area contributed by atoms with Crippen molar-refractivity contribution in [2.45, 2.75) is 6.42 Å². The van der Waals surface area contributed by atoms with Gasteiger partial charge in [-0.25, -0.2) is 4.98 Å². The van der Waals surface area contributed by atoms with Gasteiger partial charge in [0.15, 0.2) is 0 Å². The highest BCUT2D eigenvalue weighted by atomic mass is 35.5. The number of halogens is 3. The first-order valence-corrected chi connectivity index (χ1v) is 8.23. The number of benzene rings is 2. The minimum absolute atomic E-state index is 0.361. The fourth-order valence-electron chi connectivity index (χ4n) is 2.21. The van der Waals surface area contributed by atoms with Crippen LogP contribution in [0.4, 0.5) is 17.5 Å². The van der Waals surface area contributed by atoms with Crippen molar-refractivity contribution in [3.8, 4) is 0 Å². The molecule has 0 amide bonds. The lowest BCUT2D eigenvalue weighted by Crippen LogP contribution is -2.04. The van der Waals surface area contributed by atoms with Crippen molar-refractivity contribution in [2.24, 2.45) is 0 Å². The molecule has 0 aliphatic rings. The molecule has 3 rings (SSSR count). The van der Waals surface area contributed by atoms with Crippen LogP contribution < -0.4 is 11.1 Å². The molecule has 1 heterocycles. The van der Waals surface area contributed by atoms with Gasteiger partial charge >= 0.3 is 0 Å². The monoisotopic (exact) mass is 378 g/mol. The first kappa shape index (κ1) is 16.8. The minimum Gasteiger partial charge on any atom is -0.384 e. The van der Waals surface area contributed by atoms with Gasteiger partial charge in [-0.1, -0.05) is 40.9 Å². The normalized spacial score (nSPS) is 10.6. The van der Waals surface area contributed by atoms with E-state index in [9.17, 15) is 0 Å². The van der Waals surface area contributed by atoms with Crippen LogP contribution in [0.15, 0.2) is 48.5 Å². The van der Waals surface area contributed by atoms with Crippen molar-refractivity contribution in [1.82, 2.24) is 9.97 Å². The van der Waals surface area contributed by atoms with Gasteiger partial charge in [-0.15, -0.1) is 0 Å². The number of rotatable bonds is 4. The number of nitrogen functional groups attached to an aromatic ring is 1. The van der Waals surface area contributed by atoms with Crippen LogP contribution in [0.2, 0.25) is 15.1 Å². The molecule has 0 aliphatic carbocycles. The molecular formula is C17H13Cl3N4. The maximum Gasteiger partial charge on any atom is 0.229 e. The molecule has 0 aliphatic heterocycles. The summed E-state index contributed by atoms with van der Waals surface area (Å²) >= 11 is 18.3. The molecule has 122 valence electrons. The van der Waals surface area contributed by atoms with Crippen LogP contribution in [-0.2, 0) is 6.42 Å². The summed E-state index contributed by atoms with van der Waals surface area (Å²) in [5, 5.41) is 4.94. The van der Waals surface area contributed by atoms with E-state index in [0.29, 0.717) is 38.9 Å². The van der Waals surface area contributed by atoms with Gasteiger partial charge < -0.3 is 11.1 Å². The Morgan fingerprint density at radius 3 is 2.25 bits per heavy atom. The number of aromatic nitrogens is 2. The second-order valence-corrected chi connectivity index (χ2v) is 6.37. The van der Waals surface area contributed by atoms with E-state index < -0.39 is 0 Å². The number of nitrogens with zero attached hydrogens (tertiary/aromatic N) is 2. The second-order valence-electron chi connectivity index (χ2n) is 5.12. The van der Waals surface area contributed by atoms with Crippen LogP contribution in [0.5, 0.6) is 0 Å². The zero-order chi connectivity index (χ0) is 17.1. The number of nitrogens with one attached hydrogen (secondary N) is 1. The first-order valence-electron chi connectivity index (χ1n) is 7.10. The molecule has 2 aromatic carbocycles. The summed E-state index contributed by atoms with van der Waals surface area (Å²) in [5.74, 6) is 0.759. The van der Waals surface area contributed by atoms with E-state index in [1.165, 1.54) is 0 Å². The molecule has 1 aromatic heterocycles. The van der Waals surface area contributed by atoms with Crippen molar-refractivity contribution < 1.29 is 0 Å². The SMILES string of the molecule is Nc1cc(Cc2c(Cl)cccc2Cl)nc(Nc2ccc(Cl)cc2)n1. The quantitative estimate of drug-likeness (QED) is 0.641. The van der Waals surface area contributed by atoms with E-state index in [4.69, 9.17) is 40.5 Å². The van der Waals surface area contributed by atoms with Crippen LogP contribution >= 0.6 is 34.8 Å². The minimum atomic E-state index is 0.361. The molecule has 0 saturated carbocycles. The van der Waals surface area contributed by atoms with Crippen molar-refractivity contribution >= 4 is 52.3 Å². The van der Waals surface area contributed by atoms with Crippen LogP contribution in [0.1, 0.15) is 11.3 Å². The van der Waals surface area contributed by atoms with Crippen molar-refractivity contribution in [3.05, 3.63) is 74.9 Å². The zero-order valence-electron chi connectivity index (χ0n) is 12.4. The van der Waals surface area contributed by atoms with Crippen molar-refractivity contribution in [2.75, 3.05) is 11.1 Å². The second kappa shape index (κ2) is 7.26. The summed E-state index contributed by atoms with van der Waals surface area (Å²) < 4.78 is 0. The number of hydrogen-bond acceptors (Lipinski definition) is 4. The molecule has 3 aromatic rings. The Labute approximate surface area is 154 Å². The van der Waals surface area contributed by atoms with Crippen molar-refractivity contribution in [1.29, 1.82) is 0 Å². The van der Waals surface area contributed by atoms with Gasteiger partial charge in [0.25, 0.3) is 0 Å². The summed E-state index contributed by atoms with van der Waals surface area (Å²) in [6.45, 7) is 0. The lowest BCUT2D eigenvalue weighted by molar-refractivity contribution is 1.04. The highest BCUT2D eigenvalue weighted by molar-refractivity contribution is 6.36. The highest BCUT2D eigenvalue weighted by Crippen LogP contribution is 2.27. The third kappa shape index (κ3) is 4.09.